The van der Waals surface area contributed by atoms with Gasteiger partial charge in [0.15, 0.2) is 0 Å². The number of anilines is 1. The van der Waals surface area contributed by atoms with Crippen LogP contribution >= 0.6 is 0 Å². The second kappa shape index (κ2) is 8.21. The van der Waals surface area contributed by atoms with E-state index in [9.17, 15) is 4.79 Å². The van der Waals surface area contributed by atoms with Gasteiger partial charge in [-0.25, -0.2) is 9.97 Å². The quantitative estimate of drug-likeness (QED) is 0.669. The number of H-pyrrole nitrogens is 1. The van der Waals surface area contributed by atoms with Gasteiger partial charge in [-0.15, -0.1) is 0 Å². The van der Waals surface area contributed by atoms with Gasteiger partial charge in [-0.05, 0) is 55.0 Å². The summed E-state index contributed by atoms with van der Waals surface area (Å²) < 4.78 is 0. The number of hydrogen-bond donors (Lipinski definition) is 2. The summed E-state index contributed by atoms with van der Waals surface area (Å²) in [6.07, 6.45) is 12.5. The summed E-state index contributed by atoms with van der Waals surface area (Å²) in [6.45, 7) is 4.56. The molecule has 0 aromatic carbocycles. The molecule has 0 spiro atoms. The van der Waals surface area contributed by atoms with Crippen LogP contribution < -0.4 is 10.2 Å². The van der Waals surface area contributed by atoms with Crippen molar-refractivity contribution in [3.8, 4) is 0 Å². The zero-order valence-corrected chi connectivity index (χ0v) is 15.9. The lowest BCUT2D eigenvalue weighted by molar-refractivity contribution is -0.116. The third-order valence-corrected chi connectivity index (χ3v) is 5.29. The fourth-order valence-corrected chi connectivity index (χ4v) is 3.60. The Kier molecular flexibility index (Phi) is 5.32. The van der Waals surface area contributed by atoms with Crippen LogP contribution in [0.5, 0.6) is 0 Å². The highest BCUT2D eigenvalue weighted by Gasteiger charge is 2.22. The number of piperidine rings is 1. The van der Waals surface area contributed by atoms with Crippen molar-refractivity contribution in [1.82, 2.24) is 25.3 Å². The first kappa shape index (κ1) is 18.2. The largest absolute Gasteiger partial charge is 0.356 e. The molecule has 3 aromatic rings. The lowest BCUT2D eigenvalue weighted by atomic mass is 9.96. The molecule has 0 saturated carbocycles. The molecule has 1 amide bonds. The fraction of sp³-hybridized carbons (Fsp3) is 0.333. The number of amides is 1. The molecule has 0 bridgehead atoms. The van der Waals surface area contributed by atoms with E-state index < -0.39 is 0 Å². The lowest BCUT2D eigenvalue weighted by Crippen LogP contribution is -2.38. The van der Waals surface area contributed by atoms with Gasteiger partial charge in [0.2, 0.25) is 5.91 Å². The molecule has 0 radical (unpaired) electrons. The Labute approximate surface area is 163 Å². The smallest absolute Gasteiger partial charge is 0.244 e. The summed E-state index contributed by atoms with van der Waals surface area (Å²) in [5, 5.41) is 4.09. The number of pyridine rings is 1. The molecule has 1 aliphatic rings. The summed E-state index contributed by atoms with van der Waals surface area (Å²) >= 11 is 0. The van der Waals surface area contributed by atoms with Gasteiger partial charge in [-0.1, -0.05) is 0 Å². The summed E-state index contributed by atoms with van der Waals surface area (Å²) in [5.41, 5.74) is 2.94. The molecule has 0 atom stereocenters. The van der Waals surface area contributed by atoms with Gasteiger partial charge < -0.3 is 15.2 Å². The number of carbonyl (C=O) groups excluding carboxylic acids is 1. The molecule has 7 heteroatoms. The van der Waals surface area contributed by atoms with Crippen molar-refractivity contribution in [3.63, 3.8) is 0 Å². The number of nitrogens with one attached hydrogen (secondary N) is 2. The topological polar surface area (TPSA) is 86.8 Å². The predicted octanol–water partition coefficient (Wildman–Crippen LogP) is 2.71. The highest BCUT2D eigenvalue weighted by atomic mass is 16.1. The molecule has 4 heterocycles. The van der Waals surface area contributed by atoms with Gasteiger partial charge in [-0.2, -0.15) is 0 Å². The molecule has 0 unspecified atom stereocenters. The van der Waals surface area contributed by atoms with E-state index in [2.05, 4.69) is 30.2 Å². The van der Waals surface area contributed by atoms with Gasteiger partial charge in [-0.3, -0.25) is 9.78 Å². The van der Waals surface area contributed by atoms with E-state index >= 15 is 0 Å². The first-order chi connectivity index (χ1) is 13.7. The van der Waals surface area contributed by atoms with Crippen LogP contribution in [0.25, 0.3) is 17.1 Å². The van der Waals surface area contributed by atoms with Crippen molar-refractivity contribution in [2.24, 2.45) is 5.92 Å². The molecule has 7 nitrogen and oxygen atoms in total. The third-order valence-electron chi connectivity index (χ3n) is 5.29. The zero-order chi connectivity index (χ0) is 19.3. The Morgan fingerprint density at radius 1 is 1.32 bits per heavy atom. The Morgan fingerprint density at radius 3 is 3.00 bits per heavy atom. The van der Waals surface area contributed by atoms with Crippen molar-refractivity contribution in [1.29, 1.82) is 0 Å². The molecule has 1 saturated heterocycles. The summed E-state index contributed by atoms with van der Waals surface area (Å²) in [6, 6.07) is 3.93. The second-order valence-electron chi connectivity index (χ2n) is 7.18. The minimum atomic E-state index is -0.0523. The number of fused-ring (bicyclic) bond motifs is 1. The highest BCUT2D eigenvalue weighted by Crippen LogP contribution is 2.26. The van der Waals surface area contributed by atoms with Crippen molar-refractivity contribution in [3.05, 3.63) is 54.3 Å². The standard InChI is InChI=1S/C21H24N6O/c1-15-12-22-8-4-17(15)2-3-19(28)24-13-16-6-10-27(11-7-16)21-18-5-9-23-20(18)25-14-26-21/h2-5,8-9,12,14,16H,6-7,10-11,13H2,1H3,(H,24,28)(H,23,25,26)/b3-2+. The van der Waals surface area contributed by atoms with E-state index in [1.54, 1.807) is 24.8 Å². The molecule has 1 aliphatic heterocycles. The van der Waals surface area contributed by atoms with Gasteiger partial charge in [0.05, 0.1) is 5.39 Å². The van der Waals surface area contributed by atoms with Crippen molar-refractivity contribution < 1.29 is 4.79 Å². The monoisotopic (exact) mass is 376 g/mol. The average molecular weight is 376 g/mol. The SMILES string of the molecule is Cc1cnccc1/C=C/C(=O)NCC1CCN(c2ncnc3[nH]ccc23)CC1. The van der Waals surface area contributed by atoms with E-state index in [4.69, 9.17) is 0 Å². The molecule has 3 aromatic heterocycles. The van der Waals surface area contributed by atoms with Crippen LogP contribution in [0.2, 0.25) is 0 Å². The Morgan fingerprint density at radius 2 is 2.18 bits per heavy atom. The van der Waals surface area contributed by atoms with Crippen LogP contribution in [-0.4, -0.2) is 45.5 Å². The third kappa shape index (κ3) is 4.03. The molecular formula is C21H24N6O. The predicted molar refractivity (Wildman–Crippen MR) is 110 cm³/mol. The minimum Gasteiger partial charge on any atom is -0.356 e. The number of nitrogens with zero attached hydrogens (tertiary/aromatic N) is 4. The molecule has 2 N–H and O–H groups in total. The minimum absolute atomic E-state index is 0.0523. The number of hydrogen-bond acceptors (Lipinski definition) is 5. The van der Waals surface area contributed by atoms with E-state index in [0.29, 0.717) is 12.5 Å². The molecular weight excluding hydrogens is 352 g/mol. The van der Waals surface area contributed by atoms with E-state index in [1.807, 2.05) is 31.3 Å². The maximum atomic E-state index is 12.1. The highest BCUT2D eigenvalue weighted by molar-refractivity contribution is 5.91. The van der Waals surface area contributed by atoms with Crippen LogP contribution in [-0.2, 0) is 4.79 Å². The summed E-state index contributed by atoms with van der Waals surface area (Å²) in [4.78, 5) is 30.4. The molecule has 1 fully saturated rings. The zero-order valence-electron chi connectivity index (χ0n) is 15.9. The molecule has 0 aliphatic carbocycles. The van der Waals surface area contributed by atoms with Crippen LogP contribution in [0.4, 0.5) is 5.82 Å². The number of carbonyl (C=O) groups is 1. The van der Waals surface area contributed by atoms with Crippen molar-refractivity contribution in [2.75, 3.05) is 24.5 Å². The maximum Gasteiger partial charge on any atom is 0.244 e. The Balaban J connectivity index is 1.27. The number of aryl methyl sites for hydroxylation is 1. The summed E-state index contributed by atoms with van der Waals surface area (Å²) in [7, 11) is 0. The van der Waals surface area contributed by atoms with E-state index in [1.165, 1.54) is 0 Å². The average Bonchev–Trinajstić information content (AvgIpc) is 3.21. The number of aromatic nitrogens is 4. The first-order valence-electron chi connectivity index (χ1n) is 9.60. The Hall–Kier alpha value is -3.22. The maximum absolute atomic E-state index is 12.1. The fourth-order valence-electron chi connectivity index (χ4n) is 3.60. The Bertz CT molecular complexity index is 987. The molecule has 4 rings (SSSR count). The van der Waals surface area contributed by atoms with Crippen molar-refractivity contribution >= 4 is 28.8 Å². The van der Waals surface area contributed by atoms with Gasteiger partial charge in [0.1, 0.15) is 17.8 Å². The van der Waals surface area contributed by atoms with Gasteiger partial charge in [0, 0.05) is 44.3 Å². The van der Waals surface area contributed by atoms with Crippen LogP contribution in [0.3, 0.4) is 0 Å². The van der Waals surface area contributed by atoms with Gasteiger partial charge in [0.25, 0.3) is 0 Å². The van der Waals surface area contributed by atoms with E-state index in [0.717, 1.165) is 53.9 Å². The van der Waals surface area contributed by atoms with Gasteiger partial charge >= 0.3 is 0 Å². The number of rotatable bonds is 5. The van der Waals surface area contributed by atoms with Crippen molar-refractivity contribution in [2.45, 2.75) is 19.8 Å². The molecule has 144 valence electrons. The number of aromatic amines is 1. The second-order valence-corrected chi connectivity index (χ2v) is 7.18. The normalized spacial score (nSPS) is 15.4. The van der Waals surface area contributed by atoms with Crippen LogP contribution in [0.15, 0.2) is 43.1 Å². The lowest BCUT2D eigenvalue weighted by Gasteiger charge is -2.33. The van der Waals surface area contributed by atoms with E-state index in [-0.39, 0.29) is 5.91 Å². The van der Waals surface area contributed by atoms with Crippen LogP contribution in [0, 0.1) is 12.8 Å². The van der Waals surface area contributed by atoms with Crippen LogP contribution in [0.1, 0.15) is 24.0 Å². The molecule has 28 heavy (non-hydrogen) atoms. The first-order valence-corrected chi connectivity index (χ1v) is 9.60. The summed E-state index contributed by atoms with van der Waals surface area (Å²) in [5.74, 6) is 1.42.